The van der Waals surface area contributed by atoms with Crippen LogP contribution in [0.15, 0.2) is 0 Å². The lowest BCUT2D eigenvalue weighted by molar-refractivity contribution is -0.150. The van der Waals surface area contributed by atoms with Gasteiger partial charge in [0.05, 0.1) is 19.1 Å². The molecule has 112 valence electrons. The highest BCUT2D eigenvalue weighted by molar-refractivity contribution is 7.15. The van der Waals surface area contributed by atoms with Crippen molar-refractivity contribution >= 4 is 22.4 Å². The summed E-state index contributed by atoms with van der Waals surface area (Å²) in [6.07, 6.45) is 1.95. The van der Waals surface area contributed by atoms with Crippen LogP contribution in [0.1, 0.15) is 31.7 Å². The number of aromatic nitrogens is 2. The Balaban J connectivity index is 1.87. The number of likely N-dealkylation sites (tertiary alicyclic amines) is 1. The van der Waals surface area contributed by atoms with Gasteiger partial charge in [-0.05, 0) is 33.2 Å². The molecule has 0 aliphatic carbocycles. The van der Waals surface area contributed by atoms with Crippen molar-refractivity contribution in [3.63, 3.8) is 0 Å². The number of carbonyl (C=O) groups is 1. The second kappa shape index (κ2) is 7.54. The summed E-state index contributed by atoms with van der Waals surface area (Å²) >= 11 is 1.58. The molecule has 2 rings (SSSR count). The number of hydrogen-bond donors (Lipinski definition) is 1. The Morgan fingerprint density at radius 2 is 2.35 bits per heavy atom. The molecular weight excluding hydrogens is 276 g/mol. The lowest BCUT2D eigenvalue weighted by Gasteiger charge is -2.30. The van der Waals surface area contributed by atoms with Crippen LogP contribution in [0, 0.1) is 5.92 Å². The summed E-state index contributed by atoms with van der Waals surface area (Å²) < 4.78 is 5.11. The summed E-state index contributed by atoms with van der Waals surface area (Å²) in [5.74, 6) is -0.0624. The van der Waals surface area contributed by atoms with Gasteiger partial charge in [-0.25, -0.2) is 0 Å². The molecule has 0 radical (unpaired) electrons. The number of nitrogens with one attached hydrogen (secondary N) is 1. The van der Waals surface area contributed by atoms with Crippen LogP contribution in [-0.4, -0.2) is 47.3 Å². The molecule has 1 fully saturated rings. The van der Waals surface area contributed by atoms with Crippen LogP contribution < -0.4 is 5.32 Å². The maximum absolute atomic E-state index is 11.8. The minimum Gasteiger partial charge on any atom is -0.466 e. The number of piperidine rings is 1. The van der Waals surface area contributed by atoms with E-state index in [1.54, 1.807) is 11.3 Å². The molecule has 6 nitrogen and oxygen atoms in total. The van der Waals surface area contributed by atoms with Gasteiger partial charge in [-0.3, -0.25) is 9.69 Å². The van der Waals surface area contributed by atoms with Crippen molar-refractivity contribution in [3.05, 3.63) is 5.01 Å². The number of nitrogens with zero attached hydrogens (tertiary/aromatic N) is 3. The number of ether oxygens (including phenoxy) is 1. The highest BCUT2D eigenvalue weighted by Crippen LogP contribution is 2.22. The van der Waals surface area contributed by atoms with Crippen LogP contribution in [0.25, 0.3) is 0 Å². The Hall–Kier alpha value is -1.21. The number of esters is 1. The Morgan fingerprint density at radius 3 is 3.10 bits per heavy atom. The van der Waals surface area contributed by atoms with Crippen molar-refractivity contribution in [2.75, 3.05) is 31.6 Å². The third-order valence-corrected chi connectivity index (χ3v) is 4.14. The molecule has 0 saturated carbocycles. The van der Waals surface area contributed by atoms with Crippen molar-refractivity contribution < 1.29 is 9.53 Å². The zero-order valence-electron chi connectivity index (χ0n) is 12.1. The number of hydrogen-bond acceptors (Lipinski definition) is 7. The minimum atomic E-state index is -0.0668. The Bertz CT molecular complexity index is 438. The van der Waals surface area contributed by atoms with Crippen LogP contribution in [0.5, 0.6) is 0 Å². The van der Waals surface area contributed by atoms with E-state index >= 15 is 0 Å². The highest BCUT2D eigenvalue weighted by atomic mass is 32.1. The van der Waals surface area contributed by atoms with E-state index in [4.69, 9.17) is 4.74 Å². The molecule has 1 atom stereocenters. The van der Waals surface area contributed by atoms with Crippen LogP contribution in [-0.2, 0) is 16.1 Å². The van der Waals surface area contributed by atoms with Gasteiger partial charge in [-0.1, -0.05) is 11.3 Å². The monoisotopic (exact) mass is 298 g/mol. The summed E-state index contributed by atoms with van der Waals surface area (Å²) in [5.41, 5.74) is 0. The molecule has 20 heavy (non-hydrogen) atoms. The molecule has 7 heteroatoms. The average molecular weight is 298 g/mol. The predicted octanol–water partition coefficient (Wildman–Crippen LogP) is 1.74. The van der Waals surface area contributed by atoms with Crippen molar-refractivity contribution in [1.82, 2.24) is 15.1 Å². The molecule has 1 saturated heterocycles. The van der Waals surface area contributed by atoms with E-state index in [9.17, 15) is 4.79 Å². The van der Waals surface area contributed by atoms with Crippen LogP contribution in [0.4, 0.5) is 5.13 Å². The van der Waals surface area contributed by atoms with E-state index in [1.807, 2.05) is 13.8 Å². The molecule has 1 N–H and O–H groups in total. The third-order valence-electron chi connectivity index (χ3n) is 3.28. The fourth-order valence-corrected chi connectivity index (χ4v) is 3.23. The highest BCUT2D eigenvalue weighted by Gasteiger charge is 2.27. The molecule has 0 bridgehead atoms. The summed E-state index contributed by atoms with van der Waals surface area (Å²) in [7, 11) is 0. The molecule has 0 spiro atoms. The lowest BCUT2D eigenvalue weighted by Crippen LogP contribution is -2.38. The van der Waals surface area contributed by atoms with Gasteiger partial charge in [0.2, 0.25) is 5.13 Å². The van der Waals surface area contributed by atoms with Gasteiger partial charge in [0.15, 0.2) is 0 Å². The minimum absolute atomic E-state index is 0.00450. The predicted molar refractivity (Wildman–Crippen MR) is 78.7 cm³/mol. The first kappa shape index (κ1) is 15.2. The normalized spacial score (nSPS) is 19.8. The third kappa shape index (κ3) is 4.14. The van der Waals surface area contributed by atoms with Crippen LogP contribution >= 0.6 is 11.3 Å². The molecule has 1 aromatic rings. The van der Waals surface area contributed by atoms with Crippen LogP contribution in [0.2, 0.25) is 0 Å². The van der Waals surface area contributed by atoms with Crippen LogP contribution in [0.3, 0.4) is 0 Å². The SMILES string of the molecule is CCNc1nnc(CN2CCCC(C(=O)OCC)C2)s1. The molecule has 1 aromatic heterocycles. The second-order valence-corrected chi connectivity index (χ2v) is 5.92. The van der Waals surface area contributed by atoms with Crippen molar-refractivity contribution in [1.29, 1.82) is 0 Å². The second-order valence-electron chi connectivity index (χ2n) is 4.86. The van der Waals surface area contributed by atoms with Crippen molar-refractivity contribution in [2.24, 2.45) is 5.92 Å². The molecule has 2 heterocycles. The molecule has 0 amide bonds. The average Bonchev–Trinajstić information content (AvgIpc) is 2.87. The number of carbonyl (C=O) groups excluding carboxylic acids is 1. The molecular formula is C13H22N4O2S. The van der Waals surface area contributed by atoms with Gasteiger partial charge in [0, 0.05) is 13.1 Å². The Kier molecular flexibility index (Phi) is 5.72. The Labute approximate surface area is 123 Å². The van der Waals surface area contributed by atoms with E-state index in [0.29, 0.717) is 6.61 Å². The molecule has 1 aliphatic rings. The molecule has 0 aromatic carbocycles. The largest absolute Gasteiger partial charge is 0.466 e. The fraction of sp³-hybridized carbons (Fsp3) is 0.769. The number of rotatable bonds is 6. The van der Waals surface area contributed by atoms with Crippen molar-refractivity contribution in [2.45, 2.75) is 33.2 Å². The smallest absolute Gasteiger partial charge is 0.310 e. The van der Waals surface area contributed by atoms with E-state index in [1.165, 1.54) is 0 Å². The van der Waals surface area contributed by atoms with E-state index in [-0.39, 0.29) is 11.9 Å². The number of anilines is 1. The summed E-state index contributed by atoms with van der Waals surface area (Å²) in [5, 5.41) is 13.3. The fourth-order valence-electron chi connectivity index (χ4n) is 2.38. The molecule has 1 aliphatic heterocycles. The van der Waals surface area contributed by atoms with Gasteiger partial charge >= 0.3 is 5.97 Å². The summed E-state index contributed by atoms with van der Waals surface area (Å²) in [4.78, 5) is 14.1. The molecule has 1 unspecified atom stereocenters. The van der Waals surface area contributed by atoms with Gasteiger partial charge in [-0.15, -0.1) is 10.2 Å². The summed E-state index contributed by atoms with van der Waals surface area (Å²) in [6.45, 7) is 7.72. The first-order valence-electron chi connectivity index (χ1n) is 7.18. The quantitative estimate of drug-likeness (QED) is 0.807. The topological polar surface area (TPSA) is 67.4 Å². The summed E-state index contributed by atoms with van der Waals surface area (Å²) in [6, 6.07) is 0. The van der Waals surface area contributed by atoms with Gasteiger partial charge in [-0.2, -0.15) is 0 Å². The van der Waals surface area contributed by atoms with E-state index in [0.717, 1.165) is 49.2 Å². The van der Waals surface area contributed by atoms with Crippen molar-refractivity contribution in [3.8, 4) is 0 Å². The Morgan fingerprint density at radius 1 is 1.50 bits per heavy atom. The zero-order valence-corrected chi connectivity index (χ0v) is 12.9. The zero-order chi connectivity index (χ0) is 14.4. The first-order chi connectivity index (χ1) is 9.72. The maximum atomic E-state index is 11.8. The van der Waals surface area contributed by atoms with Gasteiger partial charge < -0.3 is 10.1 Å². The maximum Gasteiger partial charge on any atom is 0.310 e. The first-order valence-corrected chi connectivity index (χ1v) is 7.99. The standard InChI is InChI=1S/C13H22N4O2S/c1-3-14-13-16-15-11(20-13)9-17-7-5-6-10(8-17)12(18)19-4-2/h10H,3-9H2,1-2H3,(H,14,16). The van der Waals surface area contributed by atoms with Gasteiger partial charge in [0.25, 0.3) is 0 Å². The lowest BCUT2D eigenvalue weighted by atomic mass is 9.98. The van der Waals surface area contributed by atoms with Gasteiger partial charge in [0.1, 0.15) is 5.01 Å². The van der Waals surface area contributed by atoms with E-state index in [2.05, 4.69) is 20.4 Å². The van der Waals surface area contributed by atoms with E-state index < -0.39 is 0 Å².